The molecule has 1 amide bonds. The van der Waals surface area contributed by atoms with E-state index in [0.717, 1.165) is 24.3 Å². The maximum absolute atomic E-state index is 14.2. The zero-order chi connectivity index (χ0) is 26.1. The molecule has 4 rings (SSSR count). The number of carbonyl (C=O) groups is 1. The highest BCUT2D eigenvalue weighted by Gasteiger charge is 2.46. The second-order valence-corrected chi connectivity index (χ2v) is 11.2. The average Bonchev–Trinajstić information content (AvgIpc) is 3.25. The van der Waals surface area contributed by atoms with Crippen molar-refractivity contribution in [2.24, 2.45) is 11.8 Å². The molecule has 2 aliphatic carbocycles. The molecule has 0 spiro atoms. The van der Waals surface area contributed by atoms with Crippen LogP contribution in [0, 0.1) is 17.7 Å². The second kappa shape index (κ2) is 10.2. The van der Waals surface area contributed by atoms with Crippen LogP contribution in [-0.4, -0.2) is 41.9 Å². The summed E-state index contributed by atoms with van der Waals surface area (Å²) in [6, 6.07) is 5.71. The predicted molar refractivity (Wildman–Crippen MR) is 120 cm³/mol. The summed E-state index contributed by atoms with van der Waals surface area (Å²) >= 11 is 0. The van der Waals surface area contributed by atoms with Crippen molar-refractivity contribution >= 4 is 21.3 Å². The van der Waals surface area contributed by atoms with Gasteiger partial charge in [-0.3, -0.25) is 4.79 Å². The van der Waals surface area contributed by atoms with Gasteiger partial charge in [0.1, 0.15) is 18.3 Å². The maximum Gasteiger partial charge on any atom is 0.392 e. The Bertz CT molecular complexity index is 1250. The number of benzene rings is 1. The number of carbonyl (C=O) groups excluding carboxylic acids is 1. The summed E-state index contributed by atoms with van der Waals surface area (Å²) in [6.45, 7) is -0.0937. The number of amides is 1. The van der Waals surface area contributed by atoms with Gasteiger partial charge >= 0.3 is 6.18 Å². The van der Waals surface area contributed by atoms with Crippen LogP contribution in [0.4, 0.5) is 22.0 Å². The Morgan fingerprint density at radius 3 is 2.47 bits per heavy atom. The minimum absolute atomic E-state index is 0.0403. The van der Waals surface area contributed by atoms with Gasteiger partial charge < -0.3 is 5.32 Å². The summed E-state index contributed by atoms with van der Waals surface area (Å²) in [4.78, 5) is 20.9. The first kappa shape index (κ1) is 26.2. The zero-order valence-corrected chi connectivity index (χ0v) is 19.8. The molecular weight excluding hydrogens is 505 g/mol. The van der Waals surface area contributed by atoms with Crippen molar-refractivity contribution in [2.45, 2.75) is 61.1 Å². The quantitative estimate of drug-likeness (QED) is 0.438. The number of allylic oxidation sites excluding steroid dienone is 2. The van der Waals surface area contributed by atoms with Crippen LogP contribution < -0.4 is 5.32 Å². The van der Waals surface area contributed by atoms with E-state index in [4.69, 9.17) is 0 Å². The van der Waals surface area contributed by atoms with Crippen LogP contribution in [0.5, 0.6) is 0 Å². The number of nitrogens with zero attached hydrogens (tertiary/aromatic N) is 2. The summed E-state index contributed by atoms with van der Waals surface area (Å²) in [7, 11) is -4.08. The molecule has 0 aliphatic heterocycles. The summed E-state index contributed by atoms with van der Waals surface area (Å²) in [5.74, 6) is -3.80. The Labute approximate surface area is 205 Å². The molecule has 2 aliphatic rings. The van der Waals surface area contributed by atoms with E-state index in [1.165, 1.54) is 12.4 Å². The van der Waals surface area contributed by atoms with E-state index < -0.39 is 51.0 Å². The van der Waals surface area contributed by atoms with E-state index >= 15 is 0 Å². The molecule has 12 heteroatoms. The van der Waals surface area contributed by atoms with E-state index in [1.807, 2.05) is 0 Å². The molecule has 0 saturated heterocycles. The Morgan fingerprint density at radius 1 is 1.11 bits per heavy atom. The van der Waals surface area contributed by atoms with E-state index in [-0.39, 0.29) is 43.5 Å². The van der Waals surface area contributed by atoms with Gasteiger partial charge in [0.2, 0.25) is 5.91 Å². The summed E-state index contributed by atoms with van der Waals surface area (Å²) in [5, 5.41) is 1.29. The number of hydrogen-bond acceptors (Lipinski definition) is 5. The number of sulfone groups is 1. The van der Waals surface area contributed by atoms with Crippen molar-refractivity contribution in [3.8, 4) is 0 Å². The number of aromatic nitrogens is 2. The van der Waals surface area contributed by atoms with Gasteiger partial charge in [0, 0.05) is 0 Å². The van der Waals surface area contributed by atoms with Crippen LogP contribution in [0.3, 0.4) is 0 Å². The molecule has 36 heavy (non-hydrogen) atoms. The Kier molecular flexibility index (Phi) is 7.44. The molecule has 1 aromatic heterocycles. The van der Waals surface area contributed by atoms with Crippen LogP contribution in [0.25, 0.3) is 5.57 Å². The van der Waals surface area contributed by atoms with Crippen molar-refractivity contribution in [2.75, 3.05) is 0 Å². The molecule has 1 N–H and O–H groups in total. The van der Waals surface area contributed by atoms with Gasteiger partial charge in [-0.25, -0.2) is 27.2 Å². The van der Waals surface area contributed by atoms with Crippen molar-refractivity contribution in [3.63, 3.8) is 0 Å². The highest BCUT2D eigenvalue weighted by Crippen LogP contribution is 2.39. The third kappa shape index (κ3) is 5.74. The molecule has 2 aromatic rings. The zero-order valence-electron chi connectivity index (χ0n) is 19.0. The van der Waals surface area contributed by atoms with Crippen molar-refractivity contribution in [3.05, 3.63) is 59.9 Å². The van der Waals surface area contributed by atoms with Crippen molar-refractivity contribution in [1.82, 2.24) is 15.3 Å². The van der Waals surface area contributed by atoms with Gasteiger partial charge in [-0.15, -0.1) is 0 Å². The van der Waals surface area contributed by atoms with Gasteiger partial charge in [-0.1, -0.05) is 6.08 Å². The van der Waals surface area contributed by atoms with Gasteiger partial charge in [-0.05, 0) is 68.0 Å². The van der Waals surface area contributed by atoms with E-state index in [2.05, 4.69) is 15.3 Å². The van der Waals surface area contributed by atoms with E-state index in [9.17, 15) is 35.2 Å². The Hall–Kier alpha value is -2.89. The third-order valence-corrected chi connectivity index (χ3v) is 8.94. The molecular formula is C24H24F5N3O3S. The average molecular weight is 530 g/mol. The topological polar surface area (TPSA) is 89.0 Å². The second-order valence-electron chi connectivity index (χ2n) is 9.07. The molecule has 0 radical (unpaired) electrons. The lowest BCUT2D eigenvalue weighted by atomic mass is 9.88. The highest BCUT2D eigenvalue weighted by atomic mass is 32.2. The van der Waals surface area contributed by atoms with Crippen molar-refractivity contribution < 1.29 is 35.2 Å². The first-order valence-electron chi connectivity index (χ1n) is 11.4. The van der Waals surface area contributed by atoms with Crippen LogP contribution in [-0.2, 0) is 21.2 Å². The fraction of sp³-hybridized carbons (Fsp3) is 0.458. The highest BCUT2D eigenvalue weighted by molar-refractivity contribution is 7.92. The number of hydrogen-bond donors (Lipinski definition) is 1. The number of rotatable bonds is 6. The SMILES string of the molecule is O=C(NCc1cc(C2=CC[C@H](C(F)(F)F)CC2)ncn1)[C@@H]1C[C@@H](F)CC1S(=O)(=O)c1ccc(F)cc1. The molecule has 1 heterocycles. The van der Waals surface area contributed by atoms with Crippen LogP contribution >= 0.6 is 0 Å². The molecule has 0 bridgehead atoms. The van der Waals surface area contributed by atoms with E-state index in [1.54, 1.807) is 6.07 Å². The molecule has 1 aromatic carbocycles. The minimum Gasteiger partial charge on any atom is -0.350 e. The minimum atomic E-state index is -4.25. The first-order valence-corrected chi connectivity index (χ1v) is 13.0. The molecule has 4 atom stereocenters. The molecule has 1 unspecified atom stereocenters. The van der Waals surface area contributed by atoms with Crippen LogP contribution in [0.2, 0.25) is 0 Å². The van der Waals surface area contributed by atoms with Gasteiger partial charge in [0.25, 0.3) is 0 Å². The van der Waals surface area contributed by atoms with Crippen LogP contribution in [0.1, 0.15) is 43.5 Å². The lowest BCUT2D eigenvalue weighted by Gasteiger charge is -2.24. The molecule has 1 fully saturated rings. The summed E-state index contributed by atoms with van der Waals surface area (Å²) in [5.41, 5.74) is 1.49. The number of halogens is 5. The number of nitrogens with one attached hydrogen (secondary N) is 1. The largest absolute Gasteiger partial charge is 0.392 e. The maximum atomic E-state index is 14.2. The molecule has 6 nitrogen and oxygen atoms in total. The van der Waals surface area contributed by atoms with Gasteiger partial charge in [-0.2, -0.15) is 13.2 Å². The third-order valence-electron chi connectivity index (χ3n) is 6.69. The van der Waals surface area contributed by atoms with Gasteiger partial charge in [0.15, 0.2) is 9.84 Å². The summed E-state index contributed by atoms with van der Waals surface area (Å²) < 4.78 is 92.2. The Balaban J connectivity index is 1.43. The lowest BCUT2D eigenvalue weighted by Crippen LogP contribution is -2.38. The fourth-order valence-electron chi connectivity index (χ4n) is 4.70. The smallest absolute Gasteiger partial charge is 0.350 e. The monoisotopic (exact) mass is 529 g/mol. The molecule has 194 valence electrons. The van der Waals surface area contributed by atoms with E-state index in [0.29, 0.717) is 17.0 Å². The summed E-state index contributed by atoms with van der Waals surface area (Å²) in [6.07, 6.45) is -3.56. The fourth-order valence-corrected chi connectivity index (χ4v) is 6.69. The van der Waals surface area contributed by atoms with Gasteiger partial charge in [0.05, 0.1) is 39.9 Å². The predicted octanol–water partition coefficient (Wildman–Crippen LogP) is 4.57. The molecule has 1 saturated carbocycles. The standard InChI is InChI=1S/C24H24F5N3O3S/c25-16-5-7-19(8-6-16)36(34,35)22-10-17(26)9-20(22)23(33)30-12-18-11-21(32-13-31-18)14-1-3-15(4-2-14)24(27,28)29/h1,5-8,11,13,15,17,20,22H,2-4,9-10,12H2,(H,30,33)/t15-,17+,20+,22?/m0/s1. The van der Waals surface area contributed by atoms with Crippen molar-refractivity contribution in [1.29, 1.82) is 0 Å². The Morgan fingerprint density at radius 2 is 1.83 bits per heavy atom. The van der Waals surface area contributed by atoms with Crippen LogP contribution in [0.15, 0.2) is 47.6 Å². The lowest BCUT2D eigenvalue weighted by molar-refractivity contribution is -0.175. The normalized spacial score (nSPS) is 24.9. The first-order chi connectivity index (χ1) is 16.9. The number of alkyl halides is 4.